The number of hydrogen-bond acceptors (Lipinski definition) is 4. The predicted molar refractivity (Wildman–Crippen MR) is 57.9 cm³/mol. The lowest BCUT2D eigenvalue weighted by Crippen LogP contribution is -2.04. The quantitative estimate of drug-likeness (QED) is 0.817. The van der Waals surface area contributed by atoms with Crippen LogP contribution in [0, 0.1) is 0 Å². The van der Waals surface area contributed by atoms with Gasteiger partial charge in [-0.1, -0.05) is 6.92 Å². The van der Waals surface area contributed by atoms with E-state index >= 15 is 0 Å². The standard InChI is InChI=1S/C10H13N5/c1-2-3-12-9-6-10(14-7-13-9)15-5-4-11-8-15/h4-8H,2-3H2,1H3,(H,12,13,14). The van der Waals surface area contributed by atoms with Crippen molar-refractivity contribution in [2.24, 2.45) is 0 Å². The van der Waals surface area contributed by atoms with Crippen LogP contribution in [0.4, 0.5) is 5.82 Å². The number of aromatic nitrogens is 4. The molecule has 0 unspecified atom stereocenters. The van der Waals surface area contributed by atoms with Crippen molar-refractivity contribution in [1.82, 2.24) is 19.5 Å². The molecule has 0 bridgehead atoms. The minimum Gasteiger partial charge on any atom is -0.370 e. The molecule has 0 aromatic carbocycles. The molecule has 78 valence electrons. The summed E-state index contributed by atoms with van der Waals surface area (Å²) in [6.45, 7) is 3.03. The third kappa shape index (κ3) is 2.31. The summed E-state index contributed by atoms with van der Waals surface area (Å²) in [6, 6.07) is 1.90. The first-order valence-electron chi connectivity index (χ1n) is 4.94. The Kier molecular flexibility index (Phi) is 2.92. The Bertz CT molecular complexity index is 410. The van der Waals surface area contributed by atoms with Crippen LogP contribution in [0.15, 0.2) is 31.1 Å². The molecule has 0 aliphatic rings. The fourth-order valence-electron chi connectivity index (χ4n) is 1.23. The zero-order valence-electron chi connectivity index (χ0n) is 8.59. The molecule has 5 heteroatoms. The summed E-state index contributed by atoms with van der Waals surface area (Å²) in [5, 5.41) is 3.21. The molecule has 1 N–H and O–H groups in total. The summed E-state index contributed by atoms with van der Waals surface area (Å²) >= 11 is 0. The van der Waals surface area contributed by atoms with Crippen LogP contribution >= 0.6 is 0 Å². The first kappa shape index (κ1) is 9.64. The SMILES string of the molecule is CCCNc1cc(-n2ccnc2)ncn1. The van der Waals surface area contributed by atoms with Crippen molar-refractivity contribution in [3.8, 4) is 5.82 Å². The Labute approximate surface area is 88.2 Å². The summed E-state index contributed by atoms with van der Waals surface area (Å²) in [4.78, 5) is 12.3. The van der Waals surface area contributed by atoms with Crippen LogP contribution in [0.25, 0.3) is 5.82 Å². The number of imidazole rings is 1. The monoisotopic (exact) mass is 203 g/mol. The normalized spacial score (nSPS) is 10.2. The number of anilines is 1. The number of nitrogens with zero attached hydrogens (tertiary/aromatic N) is 4. The summed E-state index contributed by atoms with van der Waals surface area (Å²) in [5.41, 5.74) is 0. The van der Waals surface area contributed by atoms with Gasteiger partial charge in [0.1, 0.15) is 24.3 Å². The number of hydrogen-bond donors (Lipinski definition) is 1. The summed E-state index contributed by atoms with van der Waals surface area (Å²) in [5.74, 6) is 1.66. The first-order valence-corrected chi connectivity index (χ1v) is 4.94. The second kappa shape index (κ2) is 4.54. The third-order valence-electron chi connectivity index (χ3n) is 1.98. The summed E-state index contributed by atoms with van der Waals surface area (Å²) in [6.07, 6.45) is 7.91. The van der Waals surface area contributed by atoms with E-state index in [2.05, 4.69) is 27.2 Å². The molecule has 2 aromatic heterocycles. The van der Waals surface area contributed by atoms with Gasteiger partial charge in [-0.15, -0.1) is 0 Å². The van der Waals surface area contributed by atoms with Crippen LogP contribution in [0.2, 0.25) is 0 Å². The van der Waals surface area contributed by atoms with Gasteiger partial charge in [-0.3, -0.25) is 4.57 Å². The van der Waals surface area contributed by atoms with Crippen molar-refractivity contribution in [3.63, 3.8) is 0 Å². The molecule has 5 nitrogen and oxygen atoms in total. The summed E-state index contributed by atoms with van der Waals surface area (Å²) in [7, 11) is 0. The van der Waals surface area contributed by atoms with Crippen LogP contribution in [-0.4, -0.2) is 26.1 Å². The van der Waals surface area contributed by atoms with Gasteiger partial charge in [-0.05, 0) is 6.42 Å². The molecule has 2 aromatic rings. The molecule has 0 saturated heterocycles. The van der Waals surface area contributed by atoms with Gasteiger partial charge in [0.05, 0.1) is 0 Å². The summed E-state index contributed by atoms with van der Waals surface area (Å²) < 4.78 is 1.85. The van der Waals surface area contributed by atoms with Crippen molar-refractivity contribution in [2.45, 2.75) is 13.3 Å². The van der Waals surface area contributed by atoms with E-state index in [0.29, 0.717) is 0 Å². The highest BCUT2D eigenvalue weighted by Crippen LogP contribution is 2.07. The van der Waals surface area contributed by atoms with Crippen LogP contribution in [-0.2, 0) is 0 Å². The molecule has 2 heterocycles. The lowest BCUT2D eigenvalue weighted by Gasteiger charge is -2.05. The second-order valence-electron chi connectivity index (χ2n) is 3.16. The van der Waals surface area contributed by atoms with E-state index in [-0.39, 0.29) is 0 Å². The maximum absolute atomic E-state index is 4.16. The van der Waals surface area contributed by atoms with E-state index in [1.54, 1.807) is 18.9 Å². The smallest absolute Gasteiger partial charge is 0.143 e. The lowest BCUT2D eigenvalue weighted by atomic mass is 10.4. The van der Waals surface area contributed by atoms with Crippen molar-refractivity contribution < 1.29 is 0 Å². The number of rotatable bonds is 4. The minimum atomic E-state index is 0.820. The molecule has 0 aliphatic carbocycles. The van der Waals surface area contributed by atoms with Crippen LogP contribution in [0.1, 0.15) is 13.3 Å². The van der Waals surface area contributed by atoms with Crippen LogP contribution < -0.4 is 5.32 Å². The maximum atomic E-state index is 4.16. The lowest BCUT2D eigenvalue weighted by molar-refractivity contribution is 0.942. The van der Waals surface area contributed by atoms with Gasteiger partial charge in [0, 0.05) is 25.0 Å². The topological polar surface area (TPSA) is 55.6 Å². The fraction of sp³-hybridized carbons (Fsp3) is 0.300. The van der Waals surface area contributed by atoms with Crippen molar-refractivity contribution in [2.75, 3.05) is 11.9 Å². The molecular formula is C10H13N5. The van der Waals surface area contributed by atoms with Crippen molar-refractivity contribution in [1.29, 1.82) is 0 Å². The van der Waals surface area contributed by atoms with E-state index in [9.17, 15) is 0 Å². The molecular weight excluding hydrogens is 190 g/mol. The largest absolute Gasteiger partial charge is 0.370 e. The fourth-order valence-corrected chi connectivity index (χ4v) is 1.23. The molecule has 0 amide bonds. The molecule has 0 aliphatic heterocycles. The van der Waals surface area contributed by atoms with Crippen molar-refractivity contribution in [3.05, 3.63) is 31.1 Å². The molecule has 15 heavy (non-hydrogen) atoms. The molecule has 0 saturated carbocycles. The highest BCUT2D eigenvalue weighted by Gasteiger charge is 1.99. The highest BCUT2D eigenvalue weighted by atomic mass is 15.1. The van der Waals surface area contributed by atoms with Gasteiger partial charge in [-0.2, -0.15) is 0 Å². The molecule has 0 atom stereocenters. The Morgan fingerprint density at radius 1 is 1.40 bits per heavy atom. The van der Waals surface area contributed by atoms with E-state index < -0.39 is 0 Å². The first-order chi connectivity index (χ1) is 7.40. The Hall–Kier alpha value is -1.91. The molecule has 0 radical (unpaired) electrons. The van der Waals surface area contributed by atoms with E-state index in [1.165, 1.54) is 0 Å². The highest BCUT2D eigenvalue weighted by molar-refractivity contribution is 5.40. The van der Waals surface area contributed by atoms with E-state index in [0.717, 1.165) is 24.6 Å². The van der Waals surface area contributed by atoms with E-state index in [4.69, 9.17) is 0 Å². The molecule has 0 fully saturated rings. The zero-order chi connectivity index (χ0) is 10.5. The van der Waals surface area contributed by atoms with Gasteiger partial charge in [0.15, 0.2) is 0 Å². The van der Waals surface area contributed by atoms with E-state index in [1.807, 2.05) is 16.8 Å². The Balaban J connectivity index is 2.19. The second-order valence-corrected chi connectivity index (χ2v) is 3.16. The predicted octanol–water partition coefficient (Wildman–Crippen LogP) is 1.48. The average molecular weight is 203 g/mol. The van der Waals surface area contributed by atoms with Gasteiger partial charge < -0.3 is 5.32 Å². The van der Waals surface area contributed by atoms with Crippen molar-refractivity contribution >= 4 is 5.82 Å². The van der Waals surface area contributed by atoms with Gasteiger partial charge in [-0.25, -0.2) is 15.0 Å². The van der Waals surface area contributed by atoms with Gasteiger partial charge in [0.25, 0.3) is 0 Å². The molecule has 2 rings (SSSR count). The average Bonchev–Trinajstić information content (AvgIpc) is 2.80. The Morgan fingerprint density at radius 3 is 3.07 bits per heavy atom. The number of nitrogens with one attached hydrogen (secondary N) is 1. The Morgan fingerprint density at radius 2 is 2.33 bits per heavy atom. The van der Waals surface area contributed by atoms with Gasteiger partial charge >= 0.3 is 0 Å². The third-order valence-corrected chi connectivity index (χ3v) is 1.98. The van der Waals surface area contributed by atoms with Crippen LogP contribution in [0.5, 0.6) is 0 Å². The van der Waals surface area contributed by atoms with Gasteiger partial charge in [0.2, 0.25) is 0 Å². The zero-order valence-corrected chi connectivity index (χ0v) is 8.59. The molecule has 0 spiro atoms. The minimum absolute atomic E-state index is 0.820. The maximum Gasteiger partial charge on any atom is 0.143 e. The van der Waals surface area contributed by atoms with Crippen LogP contribution in [0.3, 0.4) is 0 Å².